The van der Waals surface area contributed by atoms with Gasteiger partial charge in [0.1, 0.15) is 58.2 Å². The summed E-state index contributed by atoms with van der Waals surface area (Å²) in [7, 11) is -0.719. The van der Waals surface area contributed by atoms with Gasteiger partial charge in [0.2, 0.25) is 6.29 Å². The molecule has 0 aromatic heterocycles. The van der Waals surface area contributed by atoms with Crippen molar-refractivity contribution < 1.29 is 86.7 Å². The number of ether oxygens (including phenoxy) is 8. The first-order valence-corrected chi connectivity index (χ1v) is 29.2. The van der Waals surface area contributed by atoms with Crippen LogP contribution in [0.4, 0.5) is 19.2 Å². The number of hydrogen-bond acceptors (Lipinski definition) is 20. The second-order valence-corrected chi connectivity index (χ2v) is 31.1. The Bertz CT molecular complexity index is 2070. The van der Waals surface area contributed by atoms with Crippen molar-refractivity contribution in [1.29, 1.82) is 0 Å². The SMILES string of the molecule is CN(C(=O)OC(C)(C)C)[C@@H]1[C@@H](O)[C@@H](O[C@@H]2[C@@H](O)[C@H](O[C@H]3OC(CNCCO[Si](C)(C)C(C)(C)C)=CC[C@H]3NC(=O)OC(C)(C)C)[C@@H](NC(=O)OC(C)(C)C)C[C@H]2NC(=O)C2(O)CN(NC(=O)OC(C)(C)C)C2)OC[C@]1(C)O. The first-order chi connectivity index (χ1) is 34.9. The van der Waals surface area contributed by atoms with Crippen molar-refractivity contribution in [1.82, 2.24) is 36.6 Å². The van der Waals surface area contributed by atoms with E-state index in [0.717, 1.165) is 4.90 Å². The molecule has 11 atom stereocenters. The summed E-state index contributed by atoms with van der Waals surface area (Å²) < 4.78 is 54.0. The Hall–Kier alpha value is -4.09. The molecule has 3 heterocycles. The number of carbonyl (C=O) groups excluding carboxylic acids is 5. The number of amides is 5. The highest BCUT2D eigenvalue weighted by atomic mass is 28.4. The molecule has 444 valence electrons. The van der Waals surface area contributed by atoms with Crippen molar-refractivity contribution in [3.05, 3.63) is 11.8 Å². The fraction of sp³-hybridized carbons (Fsp3) is 0.863. The highest BCUT2D eigenvalue weighted by Gasteiger charge is 2.57. The largest absolute Gasteiger partial charge is 0.466 e. The van der Waals surface area contributed by atoms with Crippen LogP contribution in [0.5, 0.6) is 0 Å². The zero-order valence-electron chi connectivity index (χ0n) is 48.9. The Morgan fingerprint density at radius 3 is 1.74 bits per heavy atom. The number of aliphatic hydroxyl groups is 4. The minimum atomic E-state index is -2.11. The van der Waals surface area contributed by atoms with Gasteiger partial charge in [0.15, 0.2) is 20.2 Å². The standard InChI is InChI=1S/C51H93N7O18Si/c1-45(2,3)73-41(62)54-30-21-20-29(25-52-22-23-69-77(18,19)49(13,14)15)70-38(30)71-36-32(55-42(63)74-46(4,5)6)24-31(53-40(61)51(67)26-58(27-51)56-43(64)75-47(7,8)9)35(33(36)59)72-39-34(60)37(50(16,66)28-68-39)57(17)44(65)76-48(10,11)12/h20,30-39,52,59-60,66-67H,21-28H2,1-19H3,(H,53,61)(H,54,62)(H,55,63)(H,56,64)/t30-,31-,32+,33-,34-,35+,36-,37-,38-,39-,50+/m1/s1. The minimum absolute atomic E-state index is 0.00493. The van der Waals surface area contributed by atoms with Crippen LogP contribution in [0.15, 0.2) is 11.8 Å². The lowest BCUT2D eigenvalue weighted by Gasteiger charge is -2.51. The third kappa shape index (κ3) is 19.3. The molecule has 1 saturated carbocycles. The number of hydrazine groups is 1. The molecule has 4 aliphatic rings. The predicted octanol–water partition coefficient (Wildman–Crippen LogP) is 3.22. The average molecular weight is 1120 g/mol. The smallest absolute Gasteiger partial charge is 0.422 e. The number of β-amino-alcohol motifs (C(OH)–C–C–N with tert-alkyl or cyclic N) is 1. The predicted molar refractivity (Wildman–Crippen MR) is 282 cm³/mol. The molecule has 77 heavy (non-hydrogen) atoms. The van der Waals surface area contributed by atoms with E-state index in [2.05, 4.69) is 60.6 Å². The molecular formula is C51H93N7O18Si. The molecule has 0 spiro atoms. The van der Waals surface area contributed by atoms with Gasteiger partial charge < -0.3 is 88.9 Å². The summed E-state index contributed by atoms with van der Waals surface area (Å²) in [4.78, 5) is 68.3. The second-order valence-electron chi connectivity index (χ2n) is 26.3. The summed E-state index contributed by atoms with van der Waals surface area (Å²) in [5, 5.41) is 60.9. The summed E-state index contributed by atoms with van der Waals surface area (Å²) in [6, 6.07) is -5.00. The van der Waals surface area contributed by atoms with E-state index in [9.17, 15) is 44.4 Å². The molecule has 5 amide bonds. The van der Waals surface area contributed by atoms with E-state index in [1.165, 1.54) is 19.0 Å². The molecular weight excluding hydrogens is 1030 g/mol. The Morgan fingerprint density at radius 2 is 1.22 bits per heavy atom. The van der Waals surface area contributed by atoms with Crippen LogP contribution < -0.4 is 26.7 Å². The number of alkyl carbamates (subject to hydrolysis) is 2. The van der Waals surface area contributed by atoms with E-state index in [-0.39, 0.29) is 37.5 Å². The van der Waals surface area contributed by atoms with Crippen molar-refractivity contribution in [2.75, 3.05) is 46.4 Å². The second kappa shape index (κ2) is 24.7. The lowest BCUT2D eigenvalue weighted by molar-refractivity contribution is -0.311. The van der Waals surface area contributed by atoms with Gasteiger partial charge in [-0.2, -0.15) is 0 Å². The molecule has 3 fully saturated rings. The summed E-state index contributed by atoms with van der Waals surface area (Å²) in [6.07, 6.45) is -11.9. The molecule has 26 heteroatoms. The number of hydrogen-bond donors (Lipinski definition) is 9. The van der Waals surface area contributed by atoms with Gasteiger partial charge in [-0.25, -0.2) is 24.2 Å². The molecule has 0 aromatic carbocycles. The third-order valence-electron chi connectivity index (χ3n) is 13.2. The number of nitrogens with zero attached hydrogens (tertiary/aromatic N) is 2. The Kier molecular flexibility index (Phi) is 21.0. The number of aliphatic hydroxyl groups excluding tert-OH is 2. The van der Waals surface area contributed by atoms with Gasteiger partial charge in [-0.3, -0.25) is 10.2 Å². The molecule has 2 saturated heterocycles. The maximum Gasteiger partial charge on any atom is 0.422 e. The minimum Gasteiger partial charge on any atom is -0.466 e. The highest BCUT2D eigenvalue weighted by Crippen LogP contribution is 2.37. The van der Waals surface area contributed by atoms with Crippen LogP contribution in [0.3, 0.4) is 0 Å². The van der Waals surface area contributed by atoms with Crippen LogP contribution in [0, 0.1) is 0 Å². The van der Waals surface area contributed by atoms with Crippen molar-refractivity contribution in [3.63, 3.8) is 0 Å². The number of nitrogens with one attached hydrogen (secondary N) is 5. The van der Waals surface area contributed by atoms with E-state index in [1.54, 1.807) is 89.2 Å². The monoisotopic (exact) mass is 1120 g/mol. The molecule has 0 bridgehead atoms. The van der Waals surface area contributed by atoms with Gasteiger partial charge in [0.25, 0.3) is 5.91 Å². The first kappa shape index (κ1) is 65.4. The van der Waals surface area contributed by atoms with Gasteiger partial charge in [-0.15, -0.1) is 0 Å². The van der Waals surface area contributed by atoms with Gasteiger partial charge in [-0.1, -0.05) is 20.8 Å². The molecule has 0 aromatic rings. The van der Waals surface area contributed by atoms with Crippen LogP contribution in [0.1, 0.15) is 124 Å². The van der Waals surface area contributed by atoms with E-state index in [0.29, 0.717) is 18.9 Å². The Labute approximate surface area is 455 Å². The van der Waals surface area contributed by atoms with Crippen LogP contribution in [-0.2, 0) is 47.1 Å². The molecule has 3 aliphatic heterocycles. The maximum atomic E-state index is 14.2. The quantitative estimate of drug-likeness (QED) is 0.0609. The summed E-state index contributed by atoms with van der Waals surface area (Å²) >= 11 is 0. The Morgan fingerprint density at radius 1 is 0.727 bits per heavy atom. The van der Waals surface area contributed by atoms with E-state index < -0.39 is 140 Å². The highest BCUT2D eigenvalue weighted by molar-refractivity contribution is 6.74. The first-order valence-electron chi connectivity index (χ1n) is 26.3. The van der Waals surface area contributed by atoms with Crippen molar-refractivity contribution in [3.8, 4) is 0 Å². The van der Waals surface area contributed by atoms with Crippen LogP contribution >= 0.6 is 0 Å². The fourth-order valence-corrected chi connectivity index (χ4v) is 9.64. The molecule has 0 unspecified atom stereocenters. The van der Waals surface area contributed by atoms with Gasteiger partial charge >= 0.3 is 24.4 Å². The normalized spacial score (nSPS) is 29.3. The topological polar surface area (TPSA) is 316 Å². The number of carbonyl (C=O) groups is 5. The van der Waals surface area contributed by atoms with Gasteiger partial charge in [0, 0.05) is 20.2 Å². The van der Waals surface area contributed by atoms with Crippen LogP contribution in [-0.4, -0.2) is 210 Å². The molecule has 4 rings (SSSR count). The lowest BCUT2D eigenvalue weighted by Crippen LogP contribution is -2.75. The summed E-state index contributed by atoms with van der Waals surface area (Å²) in [6.45, 7) is 32.0. The van der Waals surface area contributed by atoms with Crippen LogP contribution in [0.25, 0.3) is 0 Å². The number of likely N-dealkylation sites (N-methyl/N-ethyl adjacent to an activating group) is 1. The van der Waals surface area contributed by atoms with Gasteiger partial charge in [0.05, 0.1) is 50.4 Å². The zero-order valence-corrected chi connectivity index (χ0v) is 49.9. The summed E-state index contributed by atoms with van der Waals surface area (Å²) in [5.74, 6) is -0.551. The molecule has 25 nitrogen and oxygen atoms in total. The van der Waals surface area contributed by atoms with E-state index in [4.69, 9.17) is 42.3 Å². The van der Waals surface area contributed by atoms with E-state index in [1.807, 2.05) is 0 Å². The van der Waals surface area contributed by atoms with Crippen molar-refractivity contribution >= 4 is 38.6 Å². The van der Waals surface area contributed by atoms with Gasteiger partial charge in [-0.05, 0) is 127 Å². The fourth-order valence-electron chi connectivity index (χ4n) is 8.59. The maximum absolute atomic E-state index is 14.2. The molecule has 9 N–H and O–H groups in total. The van der Waals surface area contributed by atoms with Crippen molar-refractivity contribution in [2.45, 2.75) is 237 Å². The zero-order chi connectivity index (χ0) is 58.7. The molecule has 1 aliphatic carbocycles. The average Bonchev–Trinajstić information content (AvgIpc) is 3.21. The number of rotatable bonds is 16. The lowest BCUT2D eigenvalue weighted by atomic mass is 9.82. The van der Waals surface area contributed by atoms with Crippen LogP contribution in [0.2, 0.25) is 18.1 Å². The summed E-state index contributed by atoms with van der Waals surface area (Å²) in [5.41, 5.74) is -5.20. The third-order valence-corrected chi connectivity index (χ3v) is 17.7. The van der Waals surface area contributed by atoms with E-state index >= 15 is 0 Å². The van der Waals surface area contributed by atoms with Crippen molar-refractivity contribution in [2.24, 2.45) is 0 Å². The Balaban J connectivity index is 1.75. The molecule has 0 radical (unpaired) electrons.